The zero-order chi connectivity index (χ0) is 8.53. The Hall–Kier alpha value is -0.0231. The Labute approximate surface area is 80.0 Å². The highest BCUT2D eigenvalue weighted by Gasteiger charge is 1.80. The normalized spacial score (nSPS) is 8.27. The van der Waals surface area contributed by atoms with Crippen LogP contribution in [-0.4, -0.2) is 10.2 Å². The molecule has 0 saturated heterocycles. The molecule has 0 spiro atoms. The van der Waals surface area contributed by atoms with Gasteiger partial charge in [0.1, 0.15) is 0 Å². The molecule has 0 fully saturated rings. The number of halogens is 2. The van der Waals surface area contributed by atoms with Crippen molar-refractivity contribution in [2.45, 2.75) is 6.04 Å². The van der Waals surface area contributed by atoms with Gasteiger partial charge in [0.15, 0.2) is 0 Å². The summed E-state index contributed by atoms with van der Waals surface area (Å²) in [6.45, 7) is 0. The first kappa shape index (κ1) is 11.0. The minimum Gasteiger partial charge on any atom is -0.166 e. The fraction of sp³-hybridized carbons (Fsp3) is 0.143. The minimum absolute atomic E-state index is 0.945. The molecule has 0 amide bonds. The minimum atomic E-state index is 0.945. The fourth-order valence-electron chi connectivity index (χ4n) is 0.596. The van der Waals surface area contributed by atoms with Crippen molar-refractivity contribution in [2.24, 2.45) is 0 Å². The van der Waals surface area contributed by atoms with Crippen LogP contribution in [0.3, 0.4) is 0 Å². The molecule has 0 N–H and O–H groups in total. The predicted octanol–water partition coefficient (Wildman–Crippen LogP) is 2.67. The van der Waals surface area contributed by atoms with Crippen molar-refractivity contribution in [1.29, 1.82) is 0 Å². The summed E-state index contributed by atoms with van der Waals surface area (Å²) in [6.07, 6.45) is 0. The van der Waals surface area contributed by atoms with Crippen LogP contribution in [0.1, 0.15) is 5.56 Å². The second-order valence-electron chi connectivity index (χ2n) is 1.72. The van der Waals surface area contributed by atoms with Crippen LogP contribution >= 0.6 is 23.7 Å². The molecule has 0 aliphatic rings. The Kier molecular flexibility index (Phi) is 8.06. The smallest absolute Gasteiger partial charge is 0.0832 e. The molecule has 3 radical (unpaired) electrons. The largest absolute Gasteiger partial charge is 0.166 e. The van der Waals surface area contributed by atoms with Crippen LogP contribution in [0.2, 0.25) is 0 Å². The van der Waals surface area contributed by atoms with E-state index >= 15 is 0 Å². The summed E-state index contributed by atoms with van der Waals surface area (Å²) in [7, 11) is 3.40. The van der Waals surface area contributed by atoms with Crippen LogP contribution in [0.25, 0.3) is 0 Å². The first-order chi connectivity index (χ1) is 5.35. The Morgan fingerprint density at radius 2 is 1.64 bits per heavy atom. The van der Waals surface area contributed by atoms with Crippen molar-refractivity contribution in [2.75, 3.05) is 0 Å². The molecule has 0 aliphatic heterocycles. The van der Waals surface area contributed by atoms with Crippen molar-refractivity contribution in [3.63, 3.8) is 0 Å². The first-order valence-corrected chi connectivity index (χ1v) is 4.25. The third-order valence-corrected chi connectivity index (χ3v) is 1.46. The van der Waals surface area contributed by atoms with E-state index in [1.54, 1.807) is 0 Å². The van der Waals surface area contributed by atoms with E-state index in [0.717, 1.165) is 6.04 Å². The SMILES string of the molecule is ClOCl.[Si]Cc1ccccc1. The van der Waals surface area contributed by atoms with Gasteiger partial charge >= 0.3 is 0 Å². The molecule has 0 bridgehead atoms. The molecule has 4 heteroatoms. The van der Waals surface area contributed by atoms with Crippen molar-refractivity contribution >= 4 is 34.0 Å². The second-order valence-corrected chi connectivity index (χ2v) is 2.54. The molecule has 0 aliphatic carbocycles. The van der Waals surface area contributed by atoms with Gasteiger partial charge in [0.2, 0.25) is 0 Å². The zero-order valence-electron chi connectivity index (χ0n) is 5.76. The molecule has 59 valence electrons. The van der Waals surface area contributed by atoms with Gasteiger partial charge in [-0.3, -0.25) is 0 Å². The van der Waals surface area contributed by atoms with E-state index in [-0.39, 0.29) is 0 Å². The van der Waals surface area contributed by atoms with Gasteiger partial charge < -0.3 is 0 Å². The maximum atomic E-state index is 4.26. The third kappa shape index (κ3) is 6.38. The molecule has 1 aromatic carbocycles. The van der Waals surface area contributed by atoms with Gasteiger partial charge in [-0.25, -0.2) is 0 Å². The van der Waals surface area contributed by atoms with Gasteiger partial charge in [-0.2, -0.15) is 3.84 Å². The predicted molar refractivity (Wildman–Crippen MR) is 48.7 cm³/mol. The Bertz CT molecular complexity index is 169. The summed E-state index contributed by atoms with van der Waals surface area (Å²) in [4.78, 5) is 0. The fourth-order valence-corrected chi connectivity index (χ4v) is 0.832. The lowest BCUT2D eigenvalue weighted by Crippen LogP contribution is -1.78. The van der Waals surface area contributed by atoms with Crippen LogP contribution < -0.4 is 0 Å². The van der Waals surface area contributed by atoms with Gasteiger partial charge in [-0.1, -0.05) is 35.9 Å². The average molecular weight is 206 g/mol. The van der Waals surface area contributed by atoms with E-state index < -0.39 is 0 Å². The Balaban J connectivity index is 0.000000292. The van der Waals surface area contributed by atoms with E-state index in [0.29, 0.717) is 0 Å². The van der Waals surface area contributed by atoms with Crippen LogP contribution in [-0.2, 0) is 9.89 Å². The van der Waals surface area contributed by atoms with Crippen molar-refractivity contribution < 1.29 is 3.84 Å². The third-order valence-electron chi connectivity index (χ3n) is 1.05. The lowest BCUT2D eigenvalue weighted by atomic mass is 10.2. The summed E-state index contributed by atoms with van der Waals surface area (Å²) in [5.74, 6) is 0. The van der Waals surface area contributed by atoms with Gasteiger partial charge in [0.05, 0.1) is 23.7 Å². The van der Waals surface area contributed by atoms with E-state index in [9.17, 15) is 0 Å². The first-order valence-electron chi connectivity index (χ1n) is 2.93. The number of hydrogen-bond acceptors (Lipinski definition) is 1. The molecule has 1 aromatic rings. The topological polar surface area (TPSA) is 9.23 Å². The number of benzene rings is 1. The van der Waals surface area contributed by atoms with Gasteiger partial charge in [0.25, 0.3) is 0 Å². The van der Waals surface area contributed by atoms with Crippen LogP contribution in [0.5, 0.6) is 0 Å². The zero-order valence-corrected chi connectivity index (χ0v) is 8.27. The molecule has 11 heavy (non-hydrogen) atoms. The summed E-state index contributed by atoms with van der Waals surface area (Å²) < 4.78 is 3.19. The van der Waals surface area contributed by atoms with Crippen LogP contribution in [0.4, 0.5) is 0 Å². The second kappa shape index (κ2) is 8.08. The quantitative estimate of drug-likeness (QED) is 0.642. The standard InChI is InChI=1S/C7H7Si.Cl2O/c8-6-7-4-2-1-3-5-7;1-3-2/h1-5H,6H2;. The molecule has 0 unspecified atom stereocenters. The summed E-state index contributed by atoms with van der Waals surface area (Å²) >= 11 is 8.53. The average Bonchev–Trinajstić information content (AvgIpc) is 2.08. The summed E-state index contributed by atoms with van der Waals surface area (Å²) in [5, 5.41) is 0. The lowest BCUT2D eigenvalue weighted by Gasteiger charge is -1.89. The molecule has 1 nitrogen and oxygen atoms in total. The van der Waals surface area contributed by atoms with E-state index in [4.69, 9.17) is 0 Å². The maximum absolute atomic E-state index is 4.26. The molecule has 0 aromatic heterocycles. The van der Waals surface area contributed by atoms with Crippen molar-refractivity contribution in [3.8, 4) is 0 Å². The molecule has 0 heterocycles. The summed E-state index contributed by atoms with van der Waals surface area (Å²) in [6, 6.07) is 11.2. The highest BCUT2D eigenvalue weighted by atomic mass is 35.6. The number of hydrogen-bond donors (Lipinski definition) is 0. The molecule has 0 atom stereocenters. The summed E-state index contributed by atoms with van der Waals surface area (Å²) in [5.41, 5.74) is 1.32. The van der Waals surface area contributed by atoms with E-state index in [1.807, 2.05) is 18.2 Å². The van der Waals surface area contributed by atoms with Crippen LogP contribution in [0.15, 0.2) is 30.3 Å². The Morgan fingerprint density at radius 3 is 1.91 bits per heavy atom. The van der Waals surface area contributed by atoms with Crippen molar-refractivity contribution in [1.82, 2.24) is 0 Å². The monoisotopic (exact) mass is 205 g/mol. The molecular formula is C7H7Cl2OSi. The maximum Gasteiger partial charge on any atom is 0.0832 e. The van der Waals surface area contributed by atoms with Crippen molar-refractivity contribution in [3.05, 3.63) is 35.9 Å². The van der Waals surface area contributed by atoms with E-state index in [2.05, 4.69) is 49.9 Å². The lowest BCUT2D eigenvalue weighted by molar-refractivity contribution is 0.697. The highest BCUT2D eigenvalue weighted by molar-refractivity contribution is 6.24. The van der Waals surface area contributed by atoms with Gasteiger partial charge in [0, 0.05) is 10.2 Å². The molecule has 0 saturated carbocycles. The van der Waals surface area contributed by atoms with Gasteiger partial charge in [-0.15, -0.1) is 0 Å². The molecule has 1 rings (SSSR count). The molecular weight excluding hydrogens is 199 g/mol. The Morgan fingerprint density at radius 1 is 1.18 bits per heavy atom. The number of rotatable bonds is 1. The highest BCUT2D eigenvalue weighted by Crippen LogP contribution is 1.95. The van der Waals surface area contributed by atoms with E-state index in [1.165, 1.54) is 5.56 Å². The van der Waals surface area contributed by atoms with Gasteiger partial charge in [-0.05, 0) is 6.04 Å². The van der Waals surface area contributed by atoms with Crippen LogP contribution in [0, 0.1) is 0 Å².